The van der Waals surface area contributed by atoms with Crippen molar-refractivity contribution in [3.8, 4) is 0 Å². The van der Waals surface area contributed by atoms with Gasteiger partial charge in [0.1, 0.15) is 0 Å². The number of aliphatic hydroxyl groups is 1. The van der Waals surface area contributed by atoms with Crippen LogP contribution >= 0.6 is 23.2 Å². The molecular weight excluding hydrogens is 313 g/mol. The summed E-state index contributed by atoms with van der Waals surface area (Å²) in [5.41, 5.74) is 0.764. The predicted octanol–water partition coefficient (Wildman–Crippen LogP) is 2.61. The van der Waals surface area contributed by atoms with Crippen molar-refractivity contribution in [2.75, 3.05) is 19.8 Å². The van der Waals surface area contributed by atoms with E-state index in [0.29, 0.717) is 23.2 Å². The molecule has 1 amide bonds. The summed E-state index contributed by atoms with van der Waals surface area (Å²) in [6.07, 6.45) is 2.84. The number of nitrogens with zero attached hydrogens (tertiary/aromatic N) is 1. The van der Waals surface area contributed by atoms with Crippen LogP contribution in [0, 0.1) is 0 Å². The van der Waals surface area contributed by atoms with Gasteiger partial charge in [-0.05, 0) is 36.8 Å². The molecule has 0 aromatic heterocycles. The van der Waals surface area contributed by atoms with E-state index in [-0.39, 0.29) is 24.7 Å². The van der Waals surface area contributed by atoms with Gasteiger partial charge in [-0.1, -0.05) is 23.2 Å². The average Bonchev–Trinajstić information content (AvgIpc) is 2.44. The lowest BCUT2D eigenvalue weighted by molar-refractivity contribution is -0.140. The normalized spacial score (nSPS) is 22.8. The fraction of sp³-hybridized carbons (Fsp3) is 0.400. The number of rotatable bonds is 3. The molecule has 1 aromatic rings. The lowest BCUT2D eigenvalue weighted by Gasteiger charge is -2.36. The summed E-state index contributed by atoms with van der Waals surface area (Å²) < 4.78 is 5.41. The predicted molar refractivity (Wildman–Crippen MR) is 83.5 cm³/mol. The summed E-state index contributed by atoms with van der Waals surface area (Å²) in [4.78, 5) is 13.9. The van der Waals surface area contributed by atoms with Crippen molar-refractivity contribution in [1.29, 1.82) is 0 Å². The number of carbonyl (C=O) groups excluding carboxylic acids is 1. The first kappa shape index (κ1) is 16.3. The van der Waals surface area contributed by atoms with Crippen molar-refractivity contribution < 1.29 is 14.6 Å². The Kier molecular flexibility index (Phi) is 5.65. The molecule has 1 saturated heterocycles. The zero-order valence-corrected chi connectivity index (χ0v) is 13.1. The number of benzene rings is 1. The molecule has 0 spiro atoms. The summed E-state index contributed by atoms with van der Waals surface area (Å²) in [6.45, 7) is 2.63. The number of hydrogen-bond acceptors (Lipinski definition) is 3. The van der Waals surface area contributed by atoms with Crippen LogP contribution < -0.4 is 0 Å². The molecule has 2 rings (SSSR count). The number of hydrogen-bond donors (Lipinski definition) is 1. The first-order valence-electron chi connectivity index (χ1n) is 6.67. The molecule has 1 aliphatic rings. The summed E-state index contributed by atoms with van der Waals surface area (Å²) >= 11 is 11.8. The van der Waals surface area contributed by atoms with Gasteiger partial charge in [0.15, 0.2) is 0 Å². The summed E-state index contributed by atoms with van der Waals surface area (Å²) in [7, 11) is 0. The van der Waals surface area contributed by atoms with Crippen molar-refractivity contribution >= 4 is 35.2 Å². The van der Waals surface area contributed by atoms with Gasteiger partial charge in [0.2, 0.25) is 5.91 Å². The van der Waals surface area contributed by atoms with Crippen LogP contribution in [0.5, 0.6) is 0 Å². The van der Waals surface area contributed by atoms with Crippen LogP contribution in [0.4, 0.5) is 0 Å². The maximum atomic E-state index is 12.2. The van der Waals surface area contributed by atoms with Crippen molar-refractivity contribution in [2.24, 2.45) is 0 Å². The van der Waals surface area contributed by atoms with Crippen molar-refractivity contribution in [2.45, 2.75) is 19.1 Å². The second-order valence-corrected chi connectivity index (χ2v) is 5.89. The van der Waals surface area contributed by atoms with E-state index in [9.17, 15) is 4.79 Å². The molecule has 21 heavy (non-hydrogen) atoms. The Balaban J connectivity index is 2.07. The van der Waals surface area contributed by atoms with E-state index in [4.69, 9.17) is 33.0 Å². The van der Waals surface area contributed by atoms with Crippen LogP contribution in [-0.4, -0.2) is 47.8 Å². The van der Waals surface area contributed by atoms with Gasteiger partial charge in [-0.3, -0.25) is 4.79 Å². The minimum absolute atomic E-state index is 0.0205. The number of halogens is 2. The Labute approximate surface area is 133 Å². The van der Waals surface area contributed by atoms with E-state index >= 15 is 0 Å². The minimum Gasteiger partial charge on any atom is -0.394 e. The van der Waals surface area contributed by atoms with Crippen LogP contribution in [0.25, 0.3) is 6.08 Å². The Morgan fingerprint density at radius 3 is 2.71 bits per heavy atom. The molecule has 1 aromatic carbocycles. The Bertz CT molecular complexity index is 527. The van der Waals surface area contributed by atoms with Gasteiger partial charge in [-0.25, -0.2) is 0 Å². The quantitative estimate of drug-likeness (QED) is 0.867. The minimum atomic E-state index is -0.320. The molecule has 2 unspecified atom stereocenters. The third-order valence-electron chi connectivity index (χ3n) is 3.30. The van der Waals surface area contributed by atoms with Crippen LogP contribution in [-0.2, 0) is 9.53 Å². The molecular formula is C15H17Cl2NO3. The maximum Gasteiger partial charge on any atom is 0.246 e. The number of amides is 1. The number of morpholine rings is 1. The highest BCUT2D eigenvalue weighted by molar-refractivity contribution is 6.34. The molecule has 1 aliphatic heterocycles. The monoisotopic (exact) mass is 329 g/mol. The van der Waals surface area contributed by atoms with Gasteiger partial charge < -0.3 is 14.7 Å². The van der Waals surface area contributed by atoms with Gasteiger partial charge in [0, 0.05) is 22.7 Å². The molecule has 2 atom stereocenters. The van der Waals surface area contributed by atoms with E-state index in [2.05, 4.69) is 0 Å². The molecule has 0 aliphatic carbocycles. The molecule has 0 saturated carbocycles. The van der Waals surface area contributed by atoms with Gasteiger partial charge in [-0.2, -0.15) is 0 Å². The second kappa shape index (κ2) is 7.27. The first-order chi connectivity index (χ1) is 9.99. The molecule has 1 fully saturated rings. The zero-order valence-electron chi connectivity index (χ0n) is 11.6. The van der Waals surface area contributed by atoms with Crippen LogP contribution in [0.1, 0.15) is 12.5 Å². The van der Waals surface area contributed by atoms with E-state index in [1.54, 1.807) is 29.2 Å². The van der Waals surface area contributed by atoms with Crippen molar-refractivity contribution in [3.63, 3.8) is 0 Å². The van der Waals surface area contributed by atoms with E-state index in [1.807, 2.05) is 6.92 Å². The smallest absolute Gasteiger partial charge is 0.246 e. The summed E-state index contributed by atoms with van der Waals surface area (Å²) in [5.74, 6) is -0.125. The van der Waals surface area contributed by atoms with E-state index < -0.39 is 0 Å². The lowest BCUT2D eigenvalue weighted by atomic mass is 10.1. The van der Waals surface area contributed by atoms with Crippen LogP contribution in [0.15, 0.2) is 24.3 Å². The molecule has 1 N–H and O–H groups in total. The van der Waals surface area contributed by atoms with Gasteiger partial charge in [-0.15, -0.1) is 0 Å². The molecule has 114 valence electrons. The molecule has 0 radical (unpaired) electrons. The highest BCUT2D eigenvalue weighted by Gasteiger charge is 2.27. The zero-order chi connectivity index (χ0) is 15.4. The number of ether oxygens (including phenoxy) is 1. The largest absolute Gasteiger partial charge is 0.394 e. The highest BCUT2D eigenvalue weighted by Crippen LogP contribution is 2.20. The van der Waals surface area contributed by atoms with Gasteiger partial charge >= 0.3 is 0 Å². The Hall–Kier alpha value is -1.07. The number of carbonyl (C=O) groups is 1. The first-order valence-corrected chi connectivity index (χ1v) is 7.42. The fourth-order valence-corrected chi connectivity index (χ4v) is 2.71. The fourth-order valence-electron chi connectivity index (χ4n) is 2.17. The molecule has 0 bridgehead atoms. The van der Waals surface area contributed by atoms with Crippen molar-refractivity contribution in [3.05, 3.63) is 39.9 Å². The molecule has 1 heterocycles. The summed E-state index contributed by atoms with van der Waals surface area (Å²) in [5, 5.41) is 10.2. The summed E-state index contributed by atoms with van der Waals surface area (Å²) in [6, 6.07) is 5.08. The van der Waals surface area contributed by atoms with Gasteiger partial charge in [0.25, 0.3) is 0 Å². The van der Waals surface area contributed by atoms with Crippen LogP contribution in [0.3, 0.4) is 0 Å². The van der Waals surface area contributed by atoms with Crippen molar-refractivity contribution in [1.82, 2.24) is 4.90 Å². The average molecular weight is 330 g/mol. The molecule has 4 nitrogen and oxygen atoms in total. The van der Waals surface area contributed by atoms with E-state index in [0.717, 1.165) is 5.56 Å². The molecule has 6 heteroatoms. The lowest BCUT2D eigenvalue weighted by Crippen LogP contribution is -2.51. The maximum absolute atomic E-state index is 12.2. The SMILES string of the molecule is CC1COC(CO)CN1C(=O)/C=C/c1cc(Cl)cc(Cl)c1. The topological polar surface area (TPSA) is 49.8 Å². The third-order valence-corrected chi connectivity index (χ3v) is 3.73. The van der Waals surface area contributed by atoms with Crippen LogP contribution in [0.2, 0.25) is 10.0 Å². The Morgan fingerprint density at radius 1 is 1.43 bits per heavy atom. The second-order valence-electron chi connectivity index (χ2n) is 5.01. The standard InChI is InChI=1S/C15H17Cl2NO3/c1-10-9-21-14(8-19)7-18(10)15(20)3-2-11-4-12(16)6-13(17)5-11/h2-6,10,14,19H,7-9H2,1H3/b3-2+. The van der Waals surface area contributed by atoms with Gasteiger partial charge in [0.05, 0.1) is 25.4 Å². The van der Waals surface area contributed by atoms with E-state index in [1.165, 1.54) is 6.08 Å². The number of aliphatic hydroxyl groups excluding tert-OH is 1. The third kappa shape index (κ3) is 4.45. The highest BCUT2D eigenvalue weighted by atomic mass is 35.5. The Morgan fingerprint density at radius 2 is 2.10 bits per heavy atom.